The van der Waals surface area contributed by atoms with Crippen LogP contribution in [0, 0.1) is 13.8 Å². The van der Waals surface area contributed by atoms with E-state index in [1.165, 1.54) is 21.7 Å². The molecule has 0 aliphatic heterocycles. The van der Waals surface area contributed by atoms with Gasteiger partial charge in [-0.3, -0.25) is 9.10 Å². The fourth-order valence-corrected chi connectivity index (χ4v) is 4.10. The molecular formula is C22H30N2O3S. The van der Waals surface area contributed by atoms with E-state index < -0.39 is 10.0 Å². The third-order valence-electron chi connectivity index (χ3n) is 4.89. The monoisotopic (exact) mass is 402 g/mol. The molecule has 0 aliphatic carbocycles. The number of hydrogen-bond donors (Lipinski definition) is 1. The van der Waals surface area contributed by atoms with Crippen molar-refractivity contribution in [2.45, 2.75) is 46.1 Å². The van der Waals surface area contributed by atoms with E-state index in [1.54, 1.807) is 24.3 Å². The molecule has 0 saturated carbocycles. The minimum atomic E-state index is -3.39. The van der Waals surface area contributed by atoms with Gasteiger partial charge in [-0.2, -0.15) is 0 Å². The zero-order valence-electron chi connectivity index (χ0n) is 17.1. The molecule has 0 radical (unpaired) electrons. The summed E-state index contributed by atoms with van der Waals surface area (Å²) in [4.78, 5) is 12.4. The number of anilines is 1. The Kier molecular flexibility index (Phi) is 7.63. The molecule has 5 nitrogen and oxygen atoms in total. The van der Waals surface area contributed by atoms with Crippen LogP contribution in [0.4, 0.5) is 5.69 Å². The molecule has 2 aromatic rings. The average molecular weight is 403 g/mol. The highest BCUT2D eigenvalue weighted by Crippen LogP contribution is 2.21. The Morgan fingerprint density at radius 1 is 1.07 bits per heavy atom. The normalized spacial score (nSPS) is 12.4. The topological polar surface area (TPSA) is 66.5 Å². The zero-order valence-corrected chi connectivity index (χ0v) is 17.9. The third kappa shape index (κ3) is 6.09. The summed E-state index contributed by atoms with van der Waals surface area (Å²) in [5.41, 5.74) is 4.15. The second-order valence-corrected chi connectivity index (χ2v) is 9.05. The lowest BCUT2D eigenvalue weighted by atomic mass is 9.99. The maximum Gasteiger partial charge on any atom is 0.232 e. The summed E-state index contributed by atoms with van der Waals surface area (Å²) in [6.07, 6.45) is 2.72. The number of para-hydroxylation sites is 1. The van der Waals surface area contributed by atoms with Gasteiger partial charge >= 0.3 is 0 Å². The molecule has 1 unspecified atom stereocenters. The van der Waals surface area contributed by atoms with Crippen molar-refractivity contribution in [2.75, 3.05) is 17.1 Å². The van der Waals surface area contributed by atoms with E-state index in [0.717, 1.165) is 12.0 Å². The van der Waals surface area contributed by atoms with Crippen LogP contribution in [0.2, 0.25) is 0 Å². The lowest BCUT2D eigenvalue weighted by molar-refractivity contribution is -0.121. The van der Waals surface area contributed by atoms with Gasteiger partial charge in [0.25, 0.3) is 0 Å². The highest BCUT2D eigenvalue weighted by Gasteiger charge is 2.18. The highest BCUT2D eigenvalue weighted by molar-refractivity contribution is 7.92. The first kappa shape index (κ1) is 22.0. The number of sulfonamides is 1. The van der Waals surface area contributed by atoms with Crippen LogP contribution < -0.4 is 9.62 Å². The predicted molar refractivity (Wildman–Crippen MR) is 115 cm³/mol. The molecule has 2 rings (SSSR count). The Morgan fingerprint density at radius 3 is 2.32 bits per heavy atom. The van der Waals surface area contributed by atoms with E-state index in [0.29, 0.717) is 12.1 Å². The fourth-order valence-electron chi connectivity index (χ4n) is 3.13. The number of nitrogens with zero attached hydrogens (tertiary/aromatic N) is 1. The van der Waals surface area contributed by atoms with Crippen molar-refractivity contribution in [1.29, 1.82) is 0 Å². The number of amides is 1. The second kappa shape index (κ2) is 9.73. The third-order valence-corrected chi connectivity index (χ3v) is 6.08. The molecule has 6 heteroatoms. The molecule has 152 valence electrons. The number of carbonyl (C=O) groups excluding carboxylic acids is 1. The Bertz CT molecular complexity index is 895. The van der Waals surface area contributed by atoms with Gasteiger partial charge in [-0.1, -0.05) is 43.3 Å². The van der Waals surface area contributed by atoms with Crippen LogP contribution in [-0.2, 0) is 14.8 Å². The number of carbonyl (C=O) groups is 1. The van der Waals surface area contributed by atoms with Crippen molar-refractivity contribution in [3.63, 3.8) is 0 Å². The predicted octanol–water partition coefficient (Wildman–Crippen LogP) is 4.12. The van der Waals surface area contributed by atoms with Gasteiger partial charge in [-0.25, -0.2) is 8.42 Å². The van der Waals surface area contributed by atoms with Crippen LogP contribution in [0.25, 0.3) is 0 Å². The summed E-state index contributed by atoms with van der Waals surface area (Å²) in [6.45, 7) is 6.45. The van der Waals surface area contributed by atoms with Gasteiger partial charge in [-0.05, 0) is 55.5 Å². The van der Waals surface area contributed by atoms with Crippen molar-refractivity contribution < 1.29 is 13.2 Å². The van der Waals surface area contributed by atoms with E-state index in [2.05, 4.69) is 37.4 Å². The highest BCUT2D eigenvalue weighted by atomic mass is 32.2. The van der Waals surface area contributed by atoms with E-state index in [9.17, 15) is 13.2 Å². The number of benzene rings is 2. The van der Waals surface area contributed by atoms with Crippen molar-refractivity contribution in [3.05, 3.63) is 65.2 Å². The van der Waals surface area contributed by atoms with Gasteiger partial charge in [0.1, 0.15) is 0 Å². The van der Waals surface area contributed by atoms with Crippen LogP contribution >= 0.6 is 0 Å². The molecular weight excluding hydrogens is 372 g/mol. The summed E-state index contributed by atoms with van der Waals surface area (Å²) in [5, 5.41) is 3.08. The Hall–Kier alpha value is -2.34. The van der Waals surface area contributed by atoms with E-state index in [-0.39, 0.29) is 24.9 Å². The summed E-state index contributed by atoms with van der Waals surface area (Å²) in [6, 6.07) is 15.2. The van der Waals surface area contributed by atoms with Gasteiger partial charge in [-0.15, -0.1) is 0 Å². The largest absolute Gasteiger partial charge is 0.349 e. The number of nitrogens with one attached hydrogen (secondary N) is 1. The standard InChI is InChI=1S/C22H30N2O3S/c1-5-21(19-14-13-17(2)18(3)16-19)23-22(25)12-9-15-24(28(4,26)27)20-10-7-6-8-11-20/h6-8,10-11,13-14,16,21H,5,9,12,15H2,1-4H3,(H,23,25). The molecule has 0 fully saturated rings. The number of hydrogen-bond acceptors (Lipinski definition) is 3. The first-order chi connectivity index (χ1) is 13.2. The van der Waals surface area contributed by atoms with Crippen molar-refractivity contribution in [1.82, 2.24) is 5.32 Å². The van der Waals surface area contributed by atoms with E-state index >= 15 is 0 Å². The summed E-state index contributed by atoms with van der Waals surface area (Å²) < 4.78 is 25.6. The second-order valence-electron chi connectivity index (χ2n) is 7.15. The molecule has 0 spiro atoms. The lowest BCUT2D eigenvalue weighted by Gasteiger charge is -2.23. The Balaban J connectivity index is 1.95. The van der Waals surface area contributed by atoms with Crippen LogP contribution in [-0.4, -0.2) is 27.1 Å². The molecule has 2 aromatic carbocycles. The fraction of sp³-hybridized carbons (Fsp3) is 0.409. The Labute approximate surface area is 168 Å². The SMILES string of the molecule is CCC(NC(=O)CCCN(c1ccccc1)S(C)(=O)=O)c1ccc(C)c(C)c1. The van der Waals surface area contributed by atoms with E-state index in [1.807, 2.05) is 13.0 Å². The number of rotatable bonds is 9. The van der Waals surface area contributed by atoms with Crippen molar-refractivity contribution in [3.8, 4) is 0 Å². The minimum Gasteiger partial charge on any atom is -0.349 e. The van der Waals surface area contributed by atoms with Gasteiger partial charge in [0, 0.05) is 13.0 Å². The molecule has 28 heavy (non-hydrogen) atoms. The molecule has 1 N–H and O–H groups in total. The maximum atomic E-state index is 12.4. The smallest absolute Gasteiger partial charge is 0.232 e. The summed E-state index contributed by atoms with van der Waals surface area (Å²) in [7, 11) is -3.39. The van der Waals surface area contributed by atoms with Gasteiger partial charge in [0.05, 0.1) is 18.0 Å². The molecule has 1 amide bonds. The molecule has 0 aromatic heterocycles. The van der Waals surface area contributed by atoms with Crippen molar-refractivity contribution in [2.24, 2.45) is 0 Å². The summed E-state index contributed by atoms with van der Waals surface area (Å²) >= 11 is 0. The molecule has 0 bridgehead atoms. The van der Waals surface area contributed by atoms with Crippen LogP contribution in [0.15, 0.2) is 48.5 Å². The molecule has 1 atom stereocenters. The molecule has 0 heterocycles. The first-order valence-corrected chi connectivity index (χ1v) is 11.5. The zero-order chi connectivity index (χ0) is 20.7. The summed E-state index contributed by atoms with van der Waals surface area (Å²) in [5.74, 6) is -0.0633. The first-order valence-electron chi connectivity index (χ1n) is 9.61. The maximum absolute atomic E-state index is 12.4. The van der Waals surface area contributed by atoms with Crippen LogP contribution in [0.1, 0.15) is 48.9 Å². The Morgan fingerprint density at radius 2 is 1.75 bits per heavy atom. The van der Waals surface area contributed by atoms with Gasteiger partial charge in [0.15, 0.2) is 0 Å². The number of aryl methyl sites for hydroxylation is 2. The van der Waals surface area contributed by atoms with Crippen molar-refractivity contribution >= 4 is 21.6 Å². The van der Waals surface area contributed by atoms with E-state index in [4.69, 9.17) is 0 Å². The molecule has 0 aliphatic rings. The lowest BCUT2D eigenvalue weighted by Crippen LogP contribution is -2.33. The average Bonchev–Trinajstić information content (AvgIpc) is 2.65. The quantitative estimate of drug-likeness (QED) is 0.686. The van der Waals surface area contributed by atoms with Gasteiger partial charge in [0.2, 0.25) is 15.9 Å². The van der Waals surface area contributed by atoms with Crippen LogP contribution in [0.5, 0.6) is 0 Å². The van der Waals surface area contributed by atoms with Crippen LogP contribution in [0.3, 0.4) is 0 Å². The molecule has 0 saturated heterocycles. The minimum absolute atomic E-state index is 0.0352. The van der Waals surface area contributed by atoms with Gasteiger partial charge < -0.3 is 5.32 Å².